The van der Waals surface area contributed by atoms with Crippen LogP contribution in [0.4, 0.5) is 5.69 Å². The SMILES string of the molecule is NC1CCC(Nc2cc(Br)ccc2Br)C1. The van der Waals surface area contributed by atoms with Gasteiger partial charge in [0.2, 0.25) is 0 Å². The molecule has 2 rings (SSSR count). The van der Waals surface area contributed by atoms with Crippen molar-refractivity contribution in [3.8, 4) is 0 Å². The lowest BCUT2D eigenvalue weighted by molar-refractivity contribution is 0.687. The molecule has 3 N–H and O–H groups in total. The first kappa shape index (κ1) is 11.4. The summed E-state index contributed by atoms with van der Waals surface area (Å²) < 4.78 is 2.20. The average Bonchev–Trinajstić information content (AvgIpc) is 2.58. The van der Waals surface area contributed by atoms with Crippen LogP contribution in [0.5, 0.6) is 0 Å². The van der Waals surface area contributed by atoms with Gasteiger partial charge in [-0.05, 0) is 53.4 Å². The summed E-state index contributed by atoms with van der Waals surface area (Å²) >= 11 is 7.01. The summed E-state index contributed by atoms with van der Waals surface area (Å²) in [6, 6.07) is 7.05. The molecule has 0 spiro atoms. The fourth-order valence-corrected chi connectivity index (χ4v) is 2.70. The first-order valence-electron chi connectivity index (χ1n) is 5.12. The minimum atomic E-state index is 0.369. The third kappa shape index (κ3) is 2.95. The van der Waals surface area contributed by atoms with Crippen LogP contribution in [0.25, 0.3) is 0 Å². The van der Waals surface area contributed by atoms with Crippen molar-refractivity contribution in [1.29, 1.82) is 0 Å². The lowest BCUT2D eigenvalue weighted by atomic mass is 10.2. The zero-order chi connectivity index (χ0) is 10.8. The zero-order valence-corrected chi connectivity index (χ0v) is 11.5. The second kappa shape index (κ2) is 4.85. The Morgan fingerprint density at radius 1 is 1.27 bits per heavy atom. The van der Waals surface area contributed by atoms with Crippen LogP contribution >= 0.6 is 31.9 Å². The van der Waals surface area contributed by atoms with Crippen molar-refractivity contribution in [2.45, 2.75) is 31.3 Å². The fraction of sp³-hybridized carbons (Fsp3) is 0.455. The van der Waals surface area contributed by atoms with Crippen LogP contribution in [0.1, 0.15) is 19.3 Å². The van der Waals surface area contributed by atoms with Gasteiger partial charge >= 0.3 is 0 Å². The van der Waals surface area contributed by atoms with Crippen LogP contribution in [-0.2, 0) is 0 Å². The number of anilines is 1. The molecule has 1 aliphatic carbocycles. The minimum absolute atomic E-state index is 0.369. The van der Waals surface area contributed by atoms with E-state index in [0.717, 1.165) is 27.5 Å². The Morgan fingerprint density at radius 2 is 2.07 bits per heavy atom. The molecule has 0 bridgehead atoms. The van der Waals surface area contributed by atoms with Gasteiger partial charge in [0.15, 0.2) is 0 Å². The third-order valence-corrected chi connectivity index (χ3v) is 3.95. The quantitative estimate of drug-likeness (QED) is 0.869. The monoisotopic (exact) mass is 332 g/mol. The number of rotatable bonds is 2. The van der Waals surface area contributed by atoms with Gasteiger partial charge in [-0.3, -0.25) is 0 Å². The summed E-state index contributed by atoms with van der Waals surface area (Å²) in [4.78, 5) is 0. The van der Waals surface area contributed by atoms with Crippen LogP contribution in [0.3, 0.4) is 0 Å². The summed E-state index contributed by atoms with van der Waals surface area (Å²) in [5, 5.41) is 3.52. The largest absolute Gasteiger partial charge is 0.381 e. The van der Waals surface area contributed by atoms with E-state index in [0.29, 0.717) is 12.1 Å². The van der Waals surface area contributed by atoms with Crippen molar-refractivity contribution < 1.29 is 0 Å². The van der Waals surface area contributed by atoms with Crippen molar-refractivity contribution in [2.75, 3.05) is 5.32 Å². The molecule has 82 valence electrons. The normalized spacial score (nSPS) is 25.5. The maximum absolute atomic E-state index is 5.89. The summed E-state index contributed by atoms with van der Waals surface area (Å²) in [5.41, 5.74) is 7.03. The second-order valence-corrected chi connectivity index (χ2v) is 5.81. The summed E-state index contributed by atoms with van der Waals surface area (Å²) in [7, 11) is 0. The molecule has 0 amide bonds. The van der Waals surface area contributed by atoms with E-state index in [4.69, 9.17) is 5.73 Å². The number of hydrogen-bond donors (Lipinski definition) is 2. The highest BCUT2D eigenvalue weighted by Crippen LogP contribution is 2.29. The smallest absolute Gasteiger partial charge is 0.0498 e. The minimum Gasteiger partial charge on any atom is -0.381 e. The molecule has 1 aliphatic rings. The number of hydrogen-bond acceptors (Lipinski definition) is 2. The van der Waals surface area contributed by atoms with Gasteiger partial charge in [0.05, 0.1) is 0 Å². The highest BCUT2D eigenvalue weighted by Gasteiger charge is 2.21. The first-order chi connectivity index (χ1) is 7.15. The zero-order valence-electron chi connectivity index (χ0n) is 8.34. The molecule has 2 unspecified atom stereocenters. The van der Waals surface area contributed by atoms with Crippen LogP contribution in [0.2, 0.25) is 0 Å². The lowest BCUT2D eigenvalue weighted by Gasteiger charge is -2.15. The van der Waals surface area contributed by atoms with Crippen LogP contribution in [-0.4, -0.2) is 12.1 Å². The molecule has 0 radical (unpaired) electrons. The molecule has 1 saturated carbocycles. The van der Waals surface area contributed by atoms with Gasteiger partial charge in [-0.2, -0.15) is 0 Å². The molecule has 2 atom stereocenters. The van der Waals surface area contributed by atoms with Crippen LogP contribution in [0, 0.1) is 0 Å². The second-order valence-electron chi connectivity index (χ2n) is 4.04. The van der Waals surface area contributed by atoms with Crippen molar-refractivity contribution >= 4 is 37.5 Å². The molecular weight excluding hydrogens is 320 g/mol. The van der Waals surface area contributed by atoms with Crippen molar-refractivity contribution in [3.63, 3.8) is 0 Å². The fourth-order valence-electron chi connectivity index (χ4n) is 1.98. The summed E-state index contributed by atoms with van der Waals surface area (Å²) in [5.74, 6) is 0. The number of nitrogens with two attached hydrogens (primary N) is 1. The van der Waals surface area contributed by atoms with E-state index >= 15 is 0 Å². The molecule has 0 aliphatic heterocycles. The molecule has 1 fully saturated rings. The van der Waals surface area contributed by atoms with E-state index in [1.54, 1.807) is 0 Å². The molecule has 4 heteroatoms. The maximum Gasteiger partial charge on any atom is 0.0498 e. The highest BCUT2D eigenvalue weighted by molar-refractivity contribution is 9.11. The van der Waals surface area contributed by atoms with E-state index in [2.05, 4.69) is 43.2 Å². The van der Waals surface area contributed by atoms with Crippen molar-refractivity contribution in [1.82, 2.24) is 0 Å². The molecule has 2 nitrogen and oxygen atoms in total. The standard InChI is InChI=1S/C11H14Br2N2/c12-7-1-4-10(13)11(5-7)15-9-3-2-8(14)6-9/h1,4-5,8-9,15H,2-3,6,14H2. The van der Waals surface area contributed by atoms with E-state index in [1.807, 2.05) is 12.1 Å². The number of nitrogens with one attached hydrogen (secondary N) is 1. The van der Waals surface area contributed by atoms with Gasteiger partial charge in [0, 0.05) is 26.7 Å². The Labute approximate surface area is 107 Å². The van der Waals surface area contributed by atoms with Crippen LogP contribution in [0.15, 0.2) is 27.1 Å². The third-order valence-electron chi connectivity index (χ3n) is 2.76. The Morgan fingerprint density at radius 3 is 2.73 bits per heavy atom. The Bertz CT molecular complexity index is 354. The lowest BCUT2D eigenvalue weighted by Crippen LogP contribution is -2.20. The molecule has 0 heterocycles. The molecule has 1 aromatic carbocycles. The number of benzene rings is 1. The average molecular weight is 334 g/mol. The van der Waals surface area contributed by atoms with Gasteiger partial charge in [-0.15, -0.1) is 0 Å². The van der Waals surface area contributed by atoms with Gasteiger partial charge in [0.1, 0.15) is 0 Å². The van der Waals surface area contributed by atoms with Crippen LogP contribution < -0.4 is 11.1 Å². The van der Waals surface area contributed by atoms with Crippen molar-refractivity contribution in [2.24, 2.45) is 5.73 Å². The maximum atomic E-state index is 5.89. The molecule has 1 aromatic rings. The summed E-state index contributed by atoms with van der Waals surface area (Å²) in [6.45, 7) is 0. The topological polar surface area (TPSA) is 38.0 Å². The van der Waals surface area contributed by atoms with Gasteiger partial charge in [0.25, 0.3) is 0 Å². The molecular formula is C11H14Br2N2. The van der Waals surface area contributed by atoms with E-state index in [9.17, 15) is 0 Å². The Hall–Kier alpha value is -0.0600. The van der Waals surface area contributed by atoms with E-state index in [1.165, 1.54) is 6.42 Å². The Balaban J connectivity index is 2.07. The molecule has 0 aromatic heterocycles. The molecule has 15 heavy (non-hydrogen) atoms. The number of halogens is 2. The highest BCUT2D eigenvalue weighted by atomic mass is 79.9. The predicted molar refractivity (Wildman–Crippen MR) is 71.1 cm³/mol. The van der Waals surface area contributed by atoms with Gasteiger partial charge < -0.3 is 11.1 Å². The predicted octanol–water partition coefficient (Wildman–Crippen LogP) is 3.50. The van der Waals surface area contributed by atoms with Gasteiger partial charge in [-0.25, -0.2) is 0 Å². The van der Waals surface area contributed by atoms with E-state index in [-0.39, 0.29) is 0 Å². The molecule has 0 saturated heterocycles. The van der Waals surface area contributed by atoms with Gasteiger partial charge in [-0.1, -0.05) is 15.9 Å². The first-order valence-corrected chi connectivity index (χ1v) is 6.71. The summed E-state index contributed by atoms with van der Waals surface area (Å²) in [6.07, 6.45) is 3.36. The van der Waals surface area contributed by atoms with Crippen molar-refractivity contribution in [3.05, 3.63) is 27.1 Å². The van der Waals surface area contributed by atoms with E-state index < -0.39 is 0 Å². The Kier molecular flexibility index (Phi) is 3.69.